The third-order valence-electron chi connectivity index (χ3n) is 8.55. The van der Waals surface area contributed by atoms with Crippen molar-refractivity contribution in [1.82, 2.24) is 4.98 Å². The zero-order valence-electron chi connectivity index (χ0n) is 24.9. The summed E-state index contributed by atoms with van der Waals surface area (Å²) in [6, 6.07) is 23.0. The molecule has 0 atom stereocenters. The average Bonchev–Trinajstić information content (AvgIpc) is 2.93. The van der Waals surface area contributed by atoms with Gasteiger partial charge in [-0.3, -0.25) is 9.78 Å². The van der Waals surface area contributed by atoms with E-state index in [9.17, 15) is 9.90 Å². The van der Waals surface area contributed by atoms with Gasteiger partial charge in [-0.2, -0.15) is 0 Å². The van der Waals surface area contributed by atoms with Gasteiger partial charge in [0.25, 0.3) is 0 Å². The molecular weight excluding hydrogens is 671 g/mol. The van der Waals surface area contributed by atoms with Crippen molar-refractivity contribution in [1.29, 1.82) is 0 Å². The first-order chi connectivity index (χ1) is 18.7. The maximum atomic E-state index is 11.7. The average molecular weight is 713 g/mol. The van der Waals surface area contributed by atoms with Crippen molar-refractivity contribution in [2.45, 2.75) is 79.6 Å². The van der Waals surface area contributed by atoms with Gasteiger partial charge in [-0.1, -0.05) is 101 Å². The number of aryl methyl sites for hydroxylation is 1. The number of hydrogen-bond acceptors (Lipinski definition) is 3. The largest absolute Gasteiger partial charge is 0.512 e. The third kappa shape index (κ3) is 5.94. The summed E-state index contributed by atoms with van der Waals surface area (Å²) in [7, 11) is 0. The number of nitrogens with zero attached hydrogens (tertiary/aromatic N) is 1. The summed E-state index contributed by atoms with van der Waals surface area (Å²) in [6.45, 7) is 14.8. The van der Waals surface area contributed by atoms with Gasteiger partial charge in [0.1, 0.15) is 0 Å². The van der Waals surface area contributed by atoms with E-state index in [1.54, 1.807) is 0 Å². The van der Waals surface area contributed by atoms with Crippen LogP contribution >= 0.6 is 0 Å². The Morgan fingerprint density at radius 2 is 1.55 bits per heavy atom. The number of benzene rings is 3. The number of allylic oxidation sites excluding steroid dienone is 2. The van der Waals surface area contributed by atoms with Crippen LogP contribution in [0.15, 0.2) is 66.4 Å². The molecule has 0 aliphatic heterocycles. The van der Waals surface area contributed by atoms with Gasteiger partial charge in [-0.25, -0.2) is 0 Å². The van der Waals surface area contributed by atoms with E-state index in [-0.39, 0.29) is 48.9 Å². The first-order valence-electron chi connectivity index (χ1n) is 14.5. The first-order valence-corrected chi connectivity index (χ1v) is 14.5. The van der Waals surface area contributed by atoms with E-state index in [0.717, 1.165) is 42.5 Å². The molecule has 0 spiro atoms. The number of aliphatic hydroxyl groups is 1. The normalized spacial score (nSPS) is 13.6. The van der Waals surface area contributed by atoms with E-state index in [0.29, 0.717) is 0 Å². The Labute approximate surface area is 253 Å². The number of rotatable bonds is 7. The van der Waals surface area contributed by atoms with Gasteiger partial charge in [0.15, 0.2) is 5.78 Å². The molecule has 213 valence electrons. The standard InChI is InChI=1S/C23H18N.C13H24O2.Ir/c1-14-7-4-10-16-13-19-22(24-21(14)16)17-11-5-8-15-9-6-12-18(20(15)17)23(19,2)3;1-5-10(6-2)12(14)9-13(15)11(7-3)8-4;/h4-10,12-13H,1-3H3;9-11,14H,5-8H2,1-4H3;/q-1;;/b;12-9-;. The van der Waals surface area contributed by atoms with Crippen LogP contribution in [0.1, 0.15) is 83.9 Å². The van der Waals surface area contributed by atoms with Crippen LogP contribution in [-0.4, -0.2) is 15.9 Å². The van der Waals surface area contributed by atoms with Crippen LogP contribution in [0.5, 0.6) is 0 Å². The van der Waals surface area contributed by atoms with Gasteiger partial charge in [0, 0.05) is 43.4 Å². The van der Waals surface area contributed by atoms with E-state index in [4.69, 9.17) is 4.98 Å². The zero-order chi connectivity index (χ0) is 28.3. The Bertz CT molecular complexity index is 1520. The molecule has 0 unspecified atom stereocenters. The van der Waals surface area contributed by atoms with E-state index < -0.39 is 0 Å². The minimum Gasteiger partial charge on any atom is -0.512 e. The van der Waals surface area contributed by atoms with Crippen LogP contribution in [0.2, 0.25) is 0 Å². The molecule has 3 aromatic carbocycles. The molecule has 0 amide bonds. The van der Waals surface area contributed by atoms with Crippen molar-refractivity contribution >= 4 is 27.5 Å². The molecule has 1 aliphatic rings. The first kappa shape index (κ1) is 31.7. The molecule has 5 rings (SSSR count). The molecule has 4 heteroatoms. The molecule has 0 bridgehead atoms. The second-order valence-electron chi connectivity index (χ2n) is 11.3. The monoisotopic (exact) mass is 713 g/mol. The Morgan fingerprint density at radius 3 is 2.20 bits per heavy atom. The quantitative estimate of drug-likeness (QED) is 0.118. The number of pyridine rings is 1. The smallest absolute Gasteiger partial charge is 0.162 e. The topological polar surface area (TPSA) is 50.2 Å². The Balaban J connectivity index is 0.000000243. The summed E-state index contributed by atoms with van der Waals surface area (Å²) < 4.78 is 0. The number of fused-ring (bicyclic) bond motifs is 3. The van der Waals surface area contributed by atoms with Crippen LogP contribution < -0.4 is 0 Å². The summed E-state index contributed by atoms with van der Waals surface area (Å²) >= 11 is 0. The van der Waals surface area contributed by atoms with Crippen molar-refractivity contribution in [3.8, 4) is 11.3 Å². The molecule has 1 heterocycles. The second kappa shape index (κ2) is 13.2. The number of hydrogen-bond donors (Lipinski definition) is 1. The molecule has 3 nitrogen and oxygen atoms in total. The maximum Gasteiger partial charge on any atom is 0.162 e. The third-order valence-corrected chi connectivity index (χ3v) is 8.55. The van der Waals surface area contributed by atoms with Gasteiger partial charge in [-0.15, -0.1) is 29.1 Å². The summed E-state index contributed by atoms with van der Waals surface area (Å²) in [5.74, 6) is 0.547. The van der Waals surface area contributed by atoms with Gasteiger partial charge < -0.3 is 5.11 Å². The summed E-state index contributed by atoms with van der Waals surface area (Å²) in [5.41, 5.74) is 7.14. The van der Waals surface area contributed by atoms with Crippen LogP contribution in [0.4, 0.5) is 0 Å². The Morgan fingerprint density at radius 1 is 0.925 bits per heavy atom. The Hall–Kier alpha value is -2.81. The Kier molecular flexibility index (Phi) is 10.5. The van der Waals surface area contributed by atoms with Crippen LogP contribution in [-0.2, 0) is 30.3 Å². The molecule has 1 N–H and O–H groups in total. The molecule has 1 aromatic heterocycles. The van der Waals surface area contributed by atoms with Gasteiger partial charge >= 0.3 is 0 Å². The van der Waals surface area contributed by atoms with Gasteiger partial charge in [0.2, 0.25) is 0 Å². The van der Waals surface area contributed by atoms with Crippen molar-refractivity contribution < 1.29 is 30.0 Å². The fourth-order valence-corrected chi connectivity index (χ4v) is 5.92. The summed E-state index contributed by atoms with van der Waals surface area (Å²) in [5, 5.41) is 13.5. The summed E-state index contributed by atoms with van der Waals surface area (Å²) in [6.07, 6.45) is 4.91. The number of aromatic nitrogens is 1. The number of carbonyl (C=O) groups excluding carboxylic acids is 1. The molecule has 1 aliphatic carbocycles. The minimum atomic E-state index is -0.0675. The minimum absolute atomic E-state index is 0. The summed E-state index contributed by atoms with van der Waals surface area (Å²) in [4.78, 5) is 16.8. The fraction of sp³-hybridized carbons (Fsp3) is 0.389. The van der Waals surface area contributed by atoms with Crippen LogP contribution in [0, 0.1) is 24.8 Å². The van der Waals surface area contributed by atoms with Crippen molar-refractivity contribution in [3.63, 3.8) is 0 Å². The second-order valence-corrected chi connectivity index (χ2v) is 11.3. The predicted octanol–water partition coefficient (Wildman–Crippen LogP) is 9.67. The predicted molar refractivity (Wildman–Crippen MR) is 164 cm³/mol. The van der Waals surface area contributed by atoms with Gasteiger partial charge in [0.05, 0.1) is 11.3 Å². The van der Waals surface area contributed by atoms with E-state index in [1.165, 1.54) is 38.9 Å². The SMILES string of the molecule is CCC(CC)C(=O)/C=C(\O)C(CC)CC.Cc1cccc2cc3c(nc12)-c1[c-]ccc2cccc(c12)C3(C)C.[Ir]. The fourth-order valence-electron chi connectivity index (χ4n) is 5.92. The van der Waals surface area contributed by atoms with E-state index >= 15 is 0 Å². The van der Waals surface area contributed by atoms with Gasteiger partial charge in [-0.05, 0) is 49.3 Å². The molecular formula is C36H42IrNO2-. The number of para-hydroxylation sites is 1. The van der Waals surface area contributed by atoms with E-state index in [1.807, 2.05) is 33.8 Å². The van der Waals surface area contributed by atoms with Crippen molar-refractivity contribution in [2.24, 2.45) is 11.8 Å². The number of aliphatic hydroxyl groups excluding tert-OH is 1. The molecule has 1 radical (unpaired) electrons. The zero-order valence-corrected chi connectivity index (χ0v) is 27.3. The van der Waals surface area contributed by atoms with Crippen molar-refractivity contribution in [3.05, 3.63) is 89.2 Å². The molecule has 4 aromatic rings. The molecule has 0 saturated heterocycles. The molecule has 40 heavy (non-hydrogen) atoms. The van der Waals surface area contributed by atoms with E-state index in [2.05, 4.69) is 75.4 Å². The maximum absolute atomic E-state index is 11.7. The number of carbonyl (C=O) groups is 1. The molecule has 0 saturated carbocycles. The molecule has 0 fully saturated rings. The van der Waals surface area contributed by atoms with Crippen molar-refractivity contribution in [2.75, 3.05) is 0 Å². The van der Waals surface area contributed by atoms with Crippen LogP contribution in [0.25, 0.3) is 32.9 Å². The number of ketones is 1. The van der Waals surface area contributed by atoms with Crippen LogP contribution in [0.3, 0.4) is 0 Å².